The molecular formula is C26H35ClOS. The van der Waals surface area contributed by atoms with Crippen molar-refractivity contribution >= 4 is 23.4 Å². The minimum atomic E-state index is -0.0968. The third-order valence-corrected chi connectivity index (χ3v) is 11.0. The molecule has 3 heteroatoms. The van der Waals surface area contributed by atoms with Gasteiger partial charge in [-0.05, 0) is 110 Å². The molecule has 0 aromatic heterocycles. The van der Waals surface area contributed by atoms with Gasteiger partial charge in [0.2, 0.25) is 0 Å². The van der Waals surface area contributed by atoms with Gasteiger partial charge < -0.3 is 5.11 Å². The Balaban J connectivity index is 1.32. The van der Waals surface area contributed by atoms with E-state index in [4.69, 9.17) is 11.6 Å². The van der Waals surface area contributed by atoms with Crippen molar-refractivity contribution in [2.75, 3.05) is 5.75 Å². The van der Waals surface area contributed by atoms with Crippen LogP contribution in [0.5, 0.6) is 0 Å². The zero-order chi connectivity index (χ0) is 20.2. The first-order valence-corrected chi connectivity index (χ1v) is 13.0. The number of aliphatic hydroxyl groups is 1. The first-order valence-electron chi connectivity index (χ1n) is 11.7. The van der Waals surface area contributed by atoms with Gasteiger partial charge in [0.1, 0.15) is 0 Å². The van der Waals surface area contributed by atoms with E-state index in [1.807, 2.05) is 23.9 Å². The van der Waals surface area contributed by atoms with Crippen molar-refractivity contribution in [2.24, 2.45) is 34.5 Å². The normalized spacial score (nSPS) is 43.9. The van der Waals surface area contributed by atoms with E-state index in [0.29, 0.717) is 10.8 Å². The van der Waals surface area contributed by atoms with Crippen LogP contribution in [0.1, 0.15) is 65.2 Å². The number of halogens is 1. The summed E-state index contributed by atoms with van der Waals surface area (Å²) in [5.74, 6) is 4.68. The Hall–Kier alpha value is -0.440. The van der Waals surface area contributed by atoms with Crippen LogP contribution in [-0.4, -0.2) is 17.0 Å². The lowest BCUT2D eigenvalue weighted by Crippen LogP contribution is -2.50. The highest BCUT2D eigenvalue weighted by atomic mass is 35.5. The second kappa shape index (κ2) is 7.61. The summed E-state index contributed by atoms with van der Waals surface area (Å²) in [4.78, 5) is 1.36. The third kappa shape index (κ3) is 3.42. The van der Waals surface area contributed by atoms with Gasteiger partial charge in [0.15, 0.2) is 0 Å². The Labute approximate surface area is 185 Å². The van der Waals surface area contributed by atoms with Crippen LogP contribution in [0.25, 0.3) is 0 Å². The molecule has 0 radical (unpaired) electrons. The smallest absolute Gasteiger partial charge is 0.0577 e. The minimum Gasteiger partial charge on any atom is -0.393 e. The number of aliphatic hydroxyl groups excluding tert-OH is 1. The number of rotatable bonds is 3. The first kappa shape index (κ1) is 20.5. The monoisotopic (exact) mass is 430 g/mol. The summed E-state index contributed by atoms with van der Waals surface area (Å²) < 4.78 is 0. The number of fused-ring (bicyclic) bond motifs is 5. The van der Waals surface area contributed by atoms with Crippen LogP contribution in [-0.2, 0) is 0 Å². The summed E-state index contributed by atoms with van der Waals surface area (Å²) in [7, 11) is 0. The molecule has 0 heterocycles. The maximum Gasteiger partial charge on any atom is 0.0577 e. The van der Waals surface area contributed by atoms with Crippen molar-refractivity contribution in [3.63, 3.8) is 0 Å². The molecule has 0 bridgehead atoms. The van der Waals surface area contributed by atoms with E-state index in [9.17, 15) is 5.11 Å². The Kier molecular flexibility index (Phi) is 5.37. The molecule has 5 rings (SSSR count). The molecule has 0 saturated heterocycles. The number of hydrogen-bond donors (Lipinski definition) is 1. The Bertz CT molecular complexity index is 788. The zero-order valence-corrected chi connectivity index (χ0v) is 19.4. The number of allylic oxidation sites excluding steroid dienone is 1. The summed E-state index contributed by atoms with van der Waals surface area (Å²) >= 11 is 8.09. The quantitative estimate of drug-likeness (QED) is 0.399. The van der Waals surface area contributed by atoms with Crippen LogP contribution >= 0.6 is 23.4 Å². The highest BCUT2D eigenvalue weighted by molar-refractivity contribution is 7.99. The molecule has 1 aromatic rings. The predicted molar refractivity (Wildman–Crippen MR) is 123 cm³/mol. The molecule has 158 valence electrons. The molecular weight excluding hydrogens is 396 g/mol. The maximum absolute atomic E-state index is 10.2. The van der Waals surface area contributed by atoms with Crippen molar-refractivity contribution in [1.29, 1.82) is 0 Å². The molecule has 7 atom stereocenters. The maximum atomic E-state index is 10.2. The SMILES string of the molecule is C[C@]12CC[C@H]3[C@@H](CC=C4C[C@@H](O)CC[C@@]43C)[C@@H]1CC[C@@H]2CSc1ccc(Cl)cc1. The molecule has 29 heavy (non-hydrogen) atoms. The topological polar surface area (TPSA) is 20.2 Å². The van der Waals surface area contributed by atoms with E-state index < -0.39 is 0 Å². The van der Waals surface area contributed by atoms with Crippen molar-refractivity contribution in [1.82, 2.24) is 0 Å². The molecule has 0 aliphatic heterocycles. The van der Waals surface area contributed by atoms with E-state index in [-0.39, 0.29) is 6.10 Å². The highest BCUT2D eigenvalue weighted by Crippen LogP contribution is 2.66. The van der Waals surface area contributed by atoms with Crippen molar-refractivity contribution in [3.8, 4) is 0 Å². The molecule has 3 saturated carbocycles. The summed E-state index contributed by atoms with van der Waals surface area (Å²) in [6.45, 7) is 5.16. The van der Waals surface area contributed by atoms with E-state index in [1.165, 1.54) is 49.2 Å². The molecule has 0 unspecified atom stereocenters. The van der Waals surface area contributed by atoms with Gasteiger partial charge >= 0.3 is 0 Å². The van der Waals surface area contributed by atoms with E-state index in [2.05, 4.69) is 32.1 Å². The van der Waals surface area contributed by atoms with Crippen LogP contribution in [0.3, 0.4) is 0 Å². The Morgan fingerprint density at radius 3 is 2.62 bits per heavy atom. The lowest BCUT2D eigenvalue weighted by atomic mass is 9.47. The standard InChI is InChI=1S/C26H35ClOS/c1-25-13-11-20(28)15-17(25)3-9-22-23-10-4-18(26(23,2)14-12-24(22)25)16-29-21-7-5-19(27)6-8-21/h3,5-8,18,20,22-24,28H,4,9-16H2,1-2H3/t18-,20+,22+,23+,24+,25+,26-/m1/s1. The average Bonchev–Trinajstić information content (AvgIpc) is 3.04. The zero-order valence-electron chi connectivity index (χ0n) is 17.9. The molecule has 4 aliphatic rings. The highest BCUT2D eigenvalue weighted by Gasteiger charge is 2.58. The van der Waals surface area contributed by atoms with Gasteiger partial charge in [0, 0.05) is 15.7 Å². The van der Waals surface area contributed by atoms with E-state index >= 15 is 0 Å². The largest absolute Gasteiger partial charge is 0.393 e. The molecule has 3 fully saturated rings. The number of hydrogen-bond acceptors (Lipinski definition) is 2. The van der Waals surface area contributed by atoms with Gasteiger partial charge in [0.05, 0.1) is 6.10 Å². The van der Waals surface area contributed by atoms with Gasteiger partial charge in [-0.25, -0.2) is 0 Å². The molecule has 0 amide bonds. The summed E-state index contributed by atoms with van der Waals surface area (Å²) in [6, 6.07) is 8.37. The van der Waals surface area contributed by atoms with Crippen LogP contribution in [0, 0.1) is 34.5 Å². The van der Waals surface area contributed by atoms with Crippen LogP contribution in [0.2, 0.25) is 5.02 Å². The second-order valence-electron chi connectivity index (χ2n) is 10.7. The molecule has 4 aliphatic carbocycles. The van der Waals surface area contributed by atoms with Crippen molar-refractivity contribution in [2.45, 2.75) is 76.2 Å². The fraction of sp³-hybridized carbons (Fsp3) is 0.692. The number of benzene rings is 1. The molecule has 1 nitrogen and oxygen atoms in total. The summed E-state index contributed by atoms with van der Waals surface area (Å²) in [6.07, 6.45) is 12.5. The van der Waals surface area contributed by atoms with Crippen molar-refractivity contribution in [3.05, 3.63) is 40.9 Å². The van der Waals surface area contributed by atoms with Crippen molar-refractivity contribution < 1.29 is 5.11 Å². The Morgan fingerprint density at radius 2 is 1.83 bits per heavy atom. The van der Waals surface area contributed by atoms with E-state index in [0.717, 1.165) is 41.5 Å². The fourth-order valence-corrected chi connectivity index (χ4v) is 9.15. The summed E-state index contributed by atoms with van der Waals surface area (Å²) in [5.41, 5.74) is 2.46. The number of thioether (sulfide) groups is 1. The van der Waals surface area contributed by atoms with Crippen LogP contribution in [0.4, 0.5) is 0 Å². The molecule has 0 spiro atoms. The molecule has 1 N–H and O–H groups in total. The van der Waals surface area contributed by atoms with E-state index in [1.54, 1.807) is 5.57 Å². The second-order valence-corrected chi connectivity index (χ2v) is 12.3. The van der Waals surface area contributed by atoms with Gasteiger partial charge in [-0.1, -0.05) is 37.1 Å². The van der Waals surface area contributed by atoms with Gasteiger partial charge in [-0.2, -0.15) is 0 Å². The fourth-order valence-electron chi connectivity index (χ4n) is 7.75. The first-order chi connectivity index (χ1) is 13.9. The minimum absolute atomic E-state index is 0.0968. The third-order valence-electron chi connectivity index (χ3n) is 9.54. The Morgan fingerprint density at radius 1 is 1.03 bits per heavy atom. The van der Waals surface area contributed by atoms with Crippen LogP contribution in [0.15, 0.2) is 40.8 Å². The average molecular weight is 431 g/mol. The molecule has 1 aromatic carbocycles. The van der Waals surface area contributed by atoms with Gasteiger partial charge in [-0.3, -0.25) is 0 Å². The summed E-state index contributed by atoms with van der Waals surface area (Å²) in [5, 5.41) is 11.0. The van der Waals surface area contributed by atoms with Gasteiger partial charge in [-0.15, -0.1) is 11.8 Å². The predicted octanol–water partition coefficient (Wildman–Crippen LogP) is 7.37. The van der Waals surface area contributed by atoms with Crippen LogP contribution < -0.4 is 0 Å². The lowest BCUT2D eigenvalue weighted by Gasteiger charge is -2.58. The van der Waals surface area contributed by atoms with Gasteiger partial charge in [0.25, 0.3) is 0 Å². The lowest BCUT2D eigenvalue weighted by molar-refractivity contribution is -0.0468.